The molecule has 1 N–H and O–H groups in total. The van der Waals surface area contributed by atoms with E-state index in [0.717, 1.165) is 5.56 Å². The lowest BCUT2D eigenvalue weighted by Crippen LogP contribution is -2.40. The van der Waals surface area contributed by atoms with E-state index < -0.39 is 5.97 Å². The van der Waals surface area contributed by atoms with Crippen molar-refractivity contribution in [3.8, 4) is 5.75 Å². The number of hydrogen-bond acceptors (Lipinski definition) is 11. The number of carbonyl (C=O) groups excluding carboxylic acids is 1. The number of halogens is 2. The number of rotatable bonds is 7. The molecule has 0 bridgehead atoms. The maximum atomic E-state index is 12.4. The Balaban J connectivity index is 1.25. The number of morpholine rings is 2. The maximum absolute atomic E-state index is 12.4. The largest absolute Gasteiger partial charge is 0.423 e. The summed E-state index contributed by atoms with van der Waals surface area (Å²) in [7, 11) is 0. The predicted octanol–water partition coefficient (Wildman–Crippen LogP) is 3.52. The van der Waals surface area contributed by atoms with Crippen molar-refractivity contribution in [1.29, 1.82) is 0 Å². The second-order valence-electron chi connectivity index (χ2n) is 8.41. The molecule has 11 nitrogen and oxygen atoms in total. The molecule has 13 heteroatoms. The Hall–Kier alpha value is -3.51. The molecule has 0 atom stereocenters. The Labute approximate surface area is 229 Å². The standard InChI is InChI=1S/C25H25Cl2N7O4/c26-18-3-6-20(21(27)15-18)22(35)38-19-4-1-17(2-5-19)16-28-32-23-29-24(33-7-11-36-12-8-33)31-25(30-23)34-9-13-37-14-10-34/h1-6,15-16H,7-14H2,(H,29,30,31,32)/b28-16+. The number of hydrazone groups is 1. The molecule has 198 valence electrons. The molecule has 2 aliphatic heterocycles. The van der Waals surface area contributed by atoms with Crippen LogP contribution < -0.4 is 20.0 Å². The normalized spacial score (nSPS) is 16.1. The third kappa shape index (κ3) is 6.67. The van der Waals surface area contributed by atoms with E-state index in [1.165, 1.54) is 12.1 Å². The highest BCUT2D eigenvalue weighted by Gasteiger charge is 2.20. The second-order valence-corrected chi connectivity index (χ2v) is 9.25. The molecule has 0 aliphatic carbocycles. The van der Waals surface area contributed by atoms with E-state index in [2.05, 4.69) is 35.3 Å². The van der Waals surface area contributed by atoms with E-state index >= 15 is 0 Å². The summed E-state index contributed by atoms with van der Waals surface area (Å²) in [5.41, 5.74) is 3.92. The van der Waals surface area contributed by atoms with E-state index in [1.807, 2.05) is 0 Å². The summed E-state index contributed by atoms with van der Waals surface area (Å²) < 4.78 is 16.3. The summed E-state index contributed by atoms with van der Waals surface area (Å²) in [6.07, 6.45) is 1.62. The third-order valence-corrected chi connectivity index (χ3v) is 6.37. The fourth-order valence-corrected chi connectivity index (χ4v) is 4.30. The second kappa shape index (κ2) is 12.4. The number of esters is 1. The van der Waals surface area contributed by atoms with Gasteiger partial charge >= 0.3 is 5.97 Å². The molecule has 0 saturated carbocycles. The van der Waals surface area contributed by atoms with Gasteiger partial charge in [0.2, 0.25) is 17.8 Å². The zero-order chi connectivity index (χ0) is 26.3. The van der Waals surface area contributed by atoms with Gasteiger partial charge in [-0.05, 0) is 48.0 Å². The fourth-order valence-electron chi connectivity index (χ4n) is 3.82. The first-order valence-electron chi connectivity index (χ1n) is 12.0. The molecule has 3 aromatic rings. The monoisotopic (exact) mass is 557 g/mol. The van der Waals surface area contributed by atoms with Crippen LogP contribution in [0.3, 0.4) is 0 Å². The van der Waals surface area contributed by atoms with Crippen molar-refractivity contribution in [2.45, 2.75) is 0 Å². The van der Waals surface area contributed by atoms with Gasteiger partial charge in [-0.2, -0.15) is 20.1 Å². The molecule has 0 unspecified atom stereocenters. The molecule has 2 fully saturated rings. The maximum Gasteiger partial charge on any atom is 0.345 e. The molecule has 2 aromatic carbocycles. The molecule has 0 radical (unpaired) electrons. The highest BCUT2D eigenvalue weighted by Crippen LogP contribution is 2.23. The molecule has 5 rings (SSSR count). The van der Waals surface area contributed by atoms with Crippen LogP contribution in [-0.2, 0) is 9.47 Å². The minimum absolute atomic E-state index is 0.226. The van der Waals surface area contributed by atoms with Gasteiger partial charge in [0.05, 0.1) is 43.2 Å². The van der Waals surface area contributed by atoms with Gasteiger partial charge in [0.25, 0.3) is 0 Å². The van der Waals surface area contributed by atoms with Crippen molar-refractivity contribution in [3.63, 3.8) is 0 Å². The van der Waals surface area contributed by atoms with Crippen LogP contribution >= 0.6 is 23.2 Å². The van der Waals surface area contributed by atoms with Crippen molar-refractivity contribution in [1.82, 2.24) is 15.0 Å². The molecular weight excluding hydrogens is 533 g/mol. The quantitative estimate of drug-likeness (QED) is 0.200. The molecular formula is C25H25Cl2N7O4. The van der Waals surface area contributed by atoms with Gasteiger partial charge in [0, 0.05) is 31.2 Å². The first-order valence-corrected chi connectivity index (χ1v) is 12.8. The zero-order valence-corrected chi connectivity index (χ0v) is 21.9. The average molecular weight is 558 g/mol. The smallest absolute Gasteiger partial charge is 0.345 e. The van der Waals surface area contributed by atoms with Crippen LogP contribution in [0.5, 0.6) is 5.75 Å². The highest BCUT2D eigenvalue weighted by molar-refractivity contribution is 6.36. The van der Waals surface area contributed by atoms with Crippen LogP contribution in [0.2, 0.25) is 10.0 Å². The molecule has 38 heavy (non-hydrogen) atoms. The Bertz CT molecular complexity index is 1260. The van der Waals surface area contributed by atoms with Gasteiger partial charge in [-0.3, -0.25) is 0 Å². The zero-order valence-electron chi connectivity index (χ0n) is 20.3. The summed E-state index contributed by atoms with van der Waals surface area (Å²) in [5, 5.41) is 4.96. The molecule has 1 aromatic heterocycles. The molecule has 2 aliphatic rings. The van der Waals surface area contributed by atoms with Gasteiger partial charge < -0.3 is 24.0 Å². The summed E-state index contributed by atoms with van der Waals surface area (Å²) >= 11 is 12.0. The summed E-state index contributed by atoms with van der Waals surface area (Å²) in [6, 6.07) is 11.5. The van der Waals surface area contributed by atoms with Crippen LogP contribution in [0, 0.1) is 0 Å². The van der Waals surface area contributed by atoms with Crippen molar-refractivity contribution < 1.29 is 19.0 Å². The lowest BCUT2D eigenvalue weighted by Gasteiger charge is -2.30. The Kier molecular flexibility index (Phi) is 8.49. The molecule has 0 spiro atoms. The van der Waals surface area contributed by atoms with E-state index in [4.69, 9.17) is 37.4 Å². The topological polar surface area (TPSA) is 114 Å². The lowest BCUT2D eigenvalue weighted by molar-refractivity contribution is 0.0735. The van der Waals surface area contributed by atoms with E-state index in [0.29, 0.717) is 81.2 Å². The fraction of sp³-hybridized carbons (Fsp3) is 0.320. The summed E-state index contributed by atoms with van der Waals surface area (Å²) in [4.78, 5) is 30.4. The number of hydrogen-bond donors (Lipinski definition) is 1. The number of nitrogens with one attached hydrogen (secondary N) is 1. The molecule has 3 heterocycles. The first-order chi connectivity index (χ1) is 18.5. The van der Waals surface area contributed by atoms with E-state index in [9.17, 15) is 4.79 Å². The van der Waals surface area contributed by atoms with E-state index in [-0.39, 0.29) is 10.6 Å². The summed E-state index contributed by atoms with van der Waals surface area (Å²) in [6.45, 7) is 5.31. The molecule has 2 saturated heterocycles. The van der Waals surface area contributed by atoms with Gasteiger partial charge in [-0.15, -0.1) is 0 Å². The highest BCUT2D eigenvalue weighted by atomic mass is 35.5. The van der Waals surface area contributed by atoms with Crippen molar-refractivity contribution in [3.05, 3.63) is 63.6 Å². The third-order valence-electron chi connectivity index (χ3n) is 5.82. The van der Waals surface area contributed by atoms with Crippen molar-refractivity contribution in [2.75, 3.05) is 67.8 Å². The van der Waals surface area contributed by atoms with Crippen LogP contribution in [-0.4, -0.2) is 79.7 Å². The van der Waals surface area contributed by atoms with Crippen molar-refractivity contribution in [2.24, 2.45) is 5.10 Å². The number of aromatic nitrogens is 3. The number of carbonyl (C=O) groups is 1. The number of benzene rings is 2. The van der Waals surface area contributed by atoms with E-state index in [1.54, 1.807) is 36.5 Å². The van der Waals surface area contributed by atoms with Crippen LogP contribution in [0.4, 0.5) is 17.8 Å². The lowest BCUT2D eigenvalue weighted by atomic mass is 10.2. The van der Waals surface area contributed by atoms with Crippen LogP contribution in [0.1, 0.15) is 15.9 Å². The SMILES string of the molecule is O=C(Oc1ccc(/C=N/Nc2nc(N3CCOCC3)nc(N3CCOCC3)n2)cc1)c1ccc(Cl)cc1Cl. The number of ether oxygens (including phenoxy) is 3. The van der Waals surface area contributed by atoms with Gasteiger partial charge in [-0.1, -0.05) is 23.2 Å². The van der Waals surface area contributed by atoms with Crippen LogP contribution in [0.25, 0.3) is 0 Å². The van der Waals surface area contributed by atoms with Gasteiger partial charge in [0.1, 0.15) is 5.75 Å². The van der Waals surface area contributed by atoms with Crippen molar-refractivity contribution >= 4 is 53.2 Å². The molecule has 0 amide bonds. The minimum atomic E-state index is -0.572. The average Bonchev–Trinajstić information content (AvgIpc) is 2.95. The Morgan fingerprint density at radius 3 is 2.08 bits per heavy atom. The summed E-state index contributed by atoms with van der Waals surface area (Å²) in [5.74, 6) is 1.29. The number of anilines is 3. The van der Waals surface area contributed by atoms with Gasteiger partial charge in [-0.25, -0.2) is 10.2 Å². The predicted molar refractivity (Wildman–Crippen MR) is 145 cm³/mol. The minimum Gasteiger partial charge on any atom is -0.423 e. The first kappa shape index (κ1) is 26.1. The number of nitrogens with zero attached hydrogens (tertiary/aromatic N) is 6. The Morgan fingerprint density at radius 2 is 1.50 bits per heavy atom. The van der Waals surface area contributed by atoms with Gasteiger partial charge in [0.15, 0.2) is 0 Å². The Morgan fingerprint density at radius 1 is 0.895 bits per heavy atom. The van der Waals surface area contributed by atoms with Crippen LogP contribution in [0.15, 0.2) is 47.6 Å².